The number of hydrogen-bond acceptors (Lipinski definition) is 4. The highest BCUT2D eigenvalue weighted by atomic mass is 16.6. The molecule has 0 atom stereocenters. The minimum absolute atomic E-state index is 0.127. The van der Waals surface area contributed by atoms with Crippen LogP contribution in [0.5, 0.6) is 5.75 Å². The molecule has 0 spiro atoms. The summed E-state index contributed by atoms with van der Waals surface area (Å²) in [5.41, 5.74) is 2.04. The van der Waals surface area contributed by atoms with Crippen LogP contribution in [0.1, 0.15) is 12.5 Å². The van der Waals surface area contributed by atoms with Gasteiger partial charge in [-0.1, -0.05) is 41.6 Å². The highest BCUT2D eigenvalue weighted by molar-refractivity contribution is 6.54. The van der Waals surface area contributed by atoms with Crippen molar-refractivity contribution >= 4 is 17.3 Å². The number of carbonyl (C=O) groups is 1. The van der Waals surface area contributed by atoms with Crippen molar-refractivity contribution in [3.05, 3.63) is 60.2 Å². The number of para-hydroxylation sites is 2. The van der Waals surface area contributed by atoms with Gasteiger partial charge in [-0.2, -0.15) is 0 Å². The molecule has 0 saturated carbocycles. The van der Waals surface area contributed by atoms with Gasteiger partial charge in [0.1, 0.15) is 12.4 Å². The monoisotopic (exact) mass is 310 g/mol. The number of amides is 1. The molecule has 1 aliphatic heterocycles. The first-order chi connectivity index (χ1) is 11.3. The van der Waals surface area contributed by atoms with Crippen LogP contribution in [0.3, 0.4) is 0 Å². The molecule has 1 heterocycles. The van der Waals surface area contributed by atoms with Gasteiger partial charge in [0, 0.05) is 12.1 Å². The van der Waals surface area contributed by atoms with Crippen LogP contribution < -0.4 is 9.64 Å². The summed E-state index contributed by atoms with van der Waals surface area (Å²) in [5, 5.41) is 4.02. The molecule has 0 N–H and O–H groups in total. The van der Waals surface area contributed by atoms with Crippen molar-refractivity contribution in [3.63, 3.8) is 0 Å². The van der Waals surface area contributed by atoms with Gasteiger partial charge < -0.3 is 14.5 Å². The van der Waals surface area contributed by atoms with Gasteiger partial charge in [0.25, 0.3) is 5.91 Å². The van der Waals surface area contributed by atoms with E-state index >= 15 is 0 Å². The van der Waals surface area contributed by atoms with Gasteiger partial charge in [0.05, 0.1) is 5.69 Å². The van der Waals surface area contributed by atoms with E-state index in [1.165, 1.54) is 0 Å². The zero-order valence-electron chi connectivity index (χ0n) is 12.9. The quantitative estimate of drug-likeness (QED) is 0.609. The first-order valence-electron chi connectivity index (χ1n) is 7.60. The van der Waals surface area contributed by atoms with Gasteiger partial charge in [-0.25, -0.2) is 0 Å². The van der Waals surface area contributed by atoms with Crippen LogP contribution in [0, 0.1) is 0 Å². The smallest absolute Gasteiger partial charge is 0.281 e. The molecular formula is C18H18N2O3. The number of likely N-dealkylation sites (N-methyl/N-ethyl adjacent to an activating group) is 1. The number of benzene rings is 2. The molecule has 2 aromatic carbocycles. The highest BCUT2D eigenvalue weighted by Crippen LogP contribution is 2.28. The van der Waals surface area contributed by atoms with Crippen LogP contribution in [-0.4, -0.2) is 31.4 Å². The maximum absolute atomic E-state index is 12.4. The molecule has 0 bridgehead atoms. The van der Waals surface area contributed by atoms with Crippen LogP contribution in [0.4, 0.5) is 5.69 Å². The van der Waals surface area contributed by atoms with Crippen molar-refractivity contribution in [2.45, 2.75) is 6.92 Å². The lowest BCUT2D eigenvalue weighted by atomic mass is 10.1. The van der Waals surface area contributed by atoms with Gasteiger partial charge >= 0.3 is 0 Å². The Morgan fingerprint density at radius 3 is 2.52 bits per heavy atom. The maximum atomic E-state index is 12.4. The predicted molar refractivity (Wildman–Crippen MR) is 88.9 cm³/mol. The molecule has 0 saturated heterocycles. The molecule has 5 nitrogen and oxygen atoms in total. The van der Waals surface area contributed by atoms with E-state index in [2.05, 4.69) is 5.16 Å². The third kappa shape index (κ3) is 3.18. The van der Waals surface area contributed by atoms with Crippen LogP contribution in [0.2, 0.25) is 0 Å². The van der Waals surface area contributed by atoms with Gasteiger partial charge in [-0.05, 0) is 25.1 Å². The molecule has 0 aliphatic carbocycles. The Morgan fingerprint density at radius 1 is 1.00 bits per heavy atom. The molecule has 118 valence electrons. The molecule has 0 aromatic heterocycles. The lowest BCUT2D eigenvalue weighted by Gasteiger charge is -2.12. The molecule has 0 fully saturated rings. The Morgan fingerprint density at radius 2 is 1.74 bits per heavy atom. The summed E-state index contributed by atoms with van der Waals surface area (Å²) in [6.07, 6.45) is 0. The minimum atomic E-state index is -0.127. The summed E-state index contributed by atoms with van der Waals surface area (Å²) in [5.74, 6) is 0.654. The summed E-state index contributed by atoms with van der Waals surface area (Å²) >= 11 is 0. The Bertz CT molecular complexity index is 713. The molecule has 0 radical (unpaired) electrons. The summed E-state index contributed by atoms with van der Waals surface area (Å²) in [6, 6.07) is 17.1. The number of oxime groups is 1. The highest BCUT2D eigenvalue weighted by Gasteiger charge is 2.33. The number of anilines is 1. The lowest BCUT2D eigenvalue weighted by molar-refractivity contribution is -0.112. The zero-order chi connectivity index (χ0) is 16.1. The van der Waals surface area contributed by atoms with E-state index in [1.807, 2.05) is 61.5 Å². The molecule has 1 aliphatic rings. The number of ether oxygens (including phenoxy) is 1. The molecule has 1 amide bonds. The van der Waals surface area contributed by atoms with E-state index in [9.17, 15) is 4.79 Å². The third-order valence-electron chi connectivity index (χ3n) is 3.56. The minimum Gasteiger partial charge on any atom is -0.490 e. The fourth-order valence-corrected chi connectivity index (χ4v) is 2.49. The van der Waals surface area contributed by atoms with Crippen LogP contribution in [0.25, 0.3) is 0 Å². The van der Waals surface area contributed by atoms with E-state index in [-0.39, 0.29) is 12.5 Å². The van der Waals surface area contributed by atoms with Crippen molar-refractivity contribution in [1.82, 2.24) is 0 Å². The number of fused-ring (bicyclic) bond motifs is 1. The van der Waals surface area contributed by atoms with Crippen molar-refractivity contribution in [1.29, 1.82) is 0 Å². The molecule has 2 aromatic rings. The molecular weight excluding hydrogens is 292 g/mol. The Kier molecular flexibility index (Phi) is 4.57. The fraction of sp³-hybridized carbons (Fsp3) is 0.222. The molecule has 5 heteroatoms. The number of carbonyl (C=O) groups excluding carboxylic acids is 1. The number of rotatable bonds is 6. The molecule has 0 unspecified atom stereocenters. The average molecular weight is 310 g/mol. The second-order valence-corrected chi connectivity index (χ2v) is 5.00. The van der Waals surface area contributed by atoms with E-state index in [1.54, 1.807) is 4.90 Å². The van der Waals surface area contributed by atoms with E-state index in [0.717, 1.165) is 17.0 Å². The summed E-state index contributed by atoms with van der Waals surface area (Å²) in [6.45, 7) is 3.19. The van der Waals surface area contributed by atoms with Crippen LogP contribution >= 0.6 is 0 Å². The fourth-order valence-electron chi connectivity index (χ4n) is 2.49. The van der Waals surface area contributed by atoms with Crippen molar-refractivity contribution < 1.29 is 14.4 Å². The number of hydrogen-bond donors (Lipinski definition) is 0. The van der Waals surface area contributed by atoms with Gasteiger partial charge in [-0.15, -0.1) is 0 Å². The average Bonchev–Trinajstić information content (AvgIpc) is 2.87. The van der Waals surface area contributed by atoms with Crippen LogP contribution in [-0.2, 0) is 9.63 Å². The lowest BCUT2D eigenvalue weighted by Crippen LogP contribution is -2.29. The zero-order valence-corrected chi connectivity index (χ0v) is 12.9. The van der Waals surface area contributed by atoms with Crippen LogP contribution in [0.15, 0.2) is 59.8 Å². The van der Waals surface area contributed by atoms with Gasteiger partial charge in [0.15, 0.2) is 12.3 Å². The second kappa shape index (κ2) is 6.96. The first-order valence-corrected chi connectivity index (χ1v) is 7.60. The normalized spacial score (nSPS) is 14.9. The second-order valence-electron chi connectivity index (χ2n) is 5.00. The Labute approximate surface area is 135 Å². The first kappa shape index (κ1) is 15.1. The van der Waals surface area contributed by atoms with Gasteiger partial charge in [-0.3, -0.25) is 4.79 Å². The van der Waals surface area contributed by atoms with Crippen molar-refractivity contribution in [3.8, 4) is 5.75 Å². The van der Waals surface area contributed by atoms with Gasteiger partial charge in [0.2, 0.25) is 0 Å². The Balaban J connectivity index is 1.61. The Hall–Kier alpha value is -2.82. The van der Waals surface area contributed by atoms with E-state index < -0.39 is 0 Å². The third-order valence-corrected chi connectivity index (χ3v) is 3.56. The SMILES string of the molecule is CCN1C(=O)/C(=N\OCCOc2ccccc2)c2ccccc21. The van der Waals surface area contributed by atoms with E-state index in [4.69, 9.17) is 9.57 Å². The van der Waals surface area contributed by atoms with Crippen molar-refractivity contribution in [2.24, 2.45) is 5.16 Å². The molecule has 3 rings (SSSR count). The molecule has 23 heavy (non-hydrogen) atoms. The summed E-state index contributed by atoms with van der Waals surface area (Å²) < 4.78 is 5.52. The summed E-state index contributed by atoms with van der Waals surface area (Å²) in [4.78, 5) is 19.3. The van der Waals surface area contributed by atoms with E-state index in [0.29, 0.717) is 18.9 Å². The topological polar surface area (TPSA) is 51.1 Å². The van der Waals surface area contributed by atoms with Crippen molar-refractivity contribution in [2.75, 3.05) is 24.7 Å². The predicted octanol–water partition coefficient (Wildman–Crippen LogP) is 2.85. The standard InChI is InChI=1S/C18H18N2O3/c1-2-20-16-11-7-6-10-15(16)17(18(20)21)19-23-13-12-22-14-8-4-3-5-9-14/h3-11H,2,12-13H2,1H3/b19-17-. The summed E-state index contributed by atoms with van der Waals surface area (Å²) in [7, 11) is 0. The largest absolute Gasteiger partial charge is 0.490 e. The maximum Gasteiger partial charge on any atom is 0.281 e. The number of nitrogens with zero attached hydrogens (tertiary/aromatic N) is 2.